The van der Waals surface area contributed by atoms with Gasteiger partial charge in [0.2, 0.25) is 0 Å². The molecule has 0 unspecified atom stereocenters. The van der Waals surface area contributed by atoms with Crippen LogP contribution in [-0.4, -0.2) is 54.9 Å². The highest BCUT2D eigenvalue weighted by Gasteiger charge is 2.48. The second-order valence-corrected chi connectivity index (χ2v) is 3.31. The lowest BCUT2D eigenvalue weighted by Crippen LogP contribution is -2.50. The maximum absolute atomic E-state index is 11.5. The quantitative estimate of drug-likeness (QED) is 0.549. The Labute approximate surface area is 70.9 Å². The molecule has 6 nitrogen and oxygen atoms in total. The van der Waals surface area contributed by atoms with Crippen molar-refractivity contribution in [2.75, 3.05) is 28.2 Å². The monoisotopic (exact) mass is 173 g/mol. The number of quaternary nitrogens is 1. The third-order valence-electron chi connectivity index (χ3n) is 1.63. The molecule has 0 aromatic rings. The van der Waals surface area contributed by atoms with Gasteiger partial charge in [-0.05, 0) is 0 Å². The zero-order valence-electron chi connectivity index (χ0n) is 7.66. The van der Waals surface area contributed by atoms with Gasteiger partial charge in [0.05, 0.1) is 0 Å². The fourth-order valence-corrected chi connectivity index (χ4v) is 1.01. The summed E-state index contributed by atoms with van der Waals surface area (Å²) in [7, 11) is 6.51. The van der Waals surface area contributed by atoms with Crippen LogP contribution in [0.25, 0.3) is 0 Å². The Bertz CT molecular complexity index is 236. The summed E-state index contributed by atoms with van der Waals surface area (Å²) in [5, 5.41) is 2.50. The Morgan fingerprint density at radius 1 is 1.33 bits per heavy atom. The molecule has 1 heterocycles. The van der Waals surface area contributed by atoms with Crippen LogP contribution in [0.1, 0.15) is 0 Å². The summed E-state index contributed by atoms with van der Waals surface area (Å²) in [6.07, 6.45) is 0. The van der Waals surface area contributed by atoms with Crippen LogP contribution in [0.4, 0.5) is 9.59 Å². The average molecular weight is 173 g/mol. The SMILES string of the molecule is CN(C)N1C(=O)N[N+](C)(C)C1=O. The highest BCUT2D eigenvalue weighted by Crippen LogP contribution is 2.11. The Morgan fingerprint density at radius 3 is 2.00 bits per heavy atom. The minimum absolute atomic E-state index is 0.142. The maximum atomic E-state index is 11.5. The number of hydrogen-bond acceptors (Lipinski definition) is 3. The topological polar surface area (TPSA) is 52.6 Å². The van der Waals surface area contributed by atoms with E-state index in [4.69, 9.17) is 0 Å². The van der Waals surface area contributed by atoms with E-state index in [1.165, 1.54) is 5.01 Å². The first kappa shape index (κ1) is 8.95. The molecule has 1 N–H and O–H groups in total. The summed E-state index contributed by atoms with van der Waals surface area (Å²) in [6.45, 7) is 0. The second-order valence-electron chi connectivity index (χ2n) is 3.31. The lowest BCUT2D eigenvalue weighted by atomic mass is 10.8. The highest BCUT2D eigenvalue weighted by atomic mass is 16.3. The van der Waals surface area contributed by atoms with Crippen molar-refractivity contribution in [1.29, 1.82) is 0 Å². The number of hydrogen-bond donors (Lipinski definition) is 1. The standard InChI is InChI=1S/C6H12N4O2/c1-8(2)9-5(11)7-10(3,4)6(9)12/h1-4H3/p+1. The summed E-state index contributed by atoms with van der Waals surface area (Å²) in [5.74, 6) is 0. The molecular weight excluding hydrogens is 160 g/mol. The lowest BCUT2D eigenvalue weighted by Gasteiger charge is -2.19. The zero-order chi connectivity index (χ0) is 9.52. The minimum atomic E-state index is -0.394. The number of carbonyl (C=O) groups is 2. The van der Waals surface area contributed by atoms with E-state index in [1.807, 2.05) is 0 Å². The van der Waals surface area contributed by atoms with Crippen LogP contribution in [0.5, 0.6) is 0 Å². The largest absolute Gasteiger partial charge is 0.466 e. The number of hydrazine groups is 1. The molecule has 12 heavy (non-hydrogen) atoms. The molecule has 6 heteroatoms. The van der Waals surface area contributed by atoms with Gasteiger partial charge in [0, 0.05) is 14.1 Å². The summed E-state index contributed by atoms with van der Waals surface area (Å²) < 4.78 is -0.142. The smallest absolute Gasteiger partial charge is 0.241 e. The van der Waals surface area contributed by atoms with E-state index in [9.17, 15) is 9.59 Å². The van der Waals surface area contributed by atoms with Crippen molar-refractivity contribution in [2.45, 2.75) is 0 Å². The molecule has 0 saturated carbocycles. The van der Waals surface area contributed by atoms with Crippen molar-refractivity contribution in [1.82, 2.24) is 15.4 Å². The van der Waals surface area contributed by atoms with E-state index in [-0.39, 0.29) is 10.6 Å². The molecule has 4 amide bonds. The summed E-state index contributed by atoms with van der Waals surface area (Å²) in [4.78, 5) is 22.6. The molecule has 1 saturated heterocycles. The number of imide groups is 1. The molecule has 0 aromatic heterocycles. The first-order chi connectivity index (χ1) is 5.36. The molecule has 0 aromatic carbocycles. The Morgan fingerprint density at radius 2 is 1.83 bits per heavy atom. The normalized spacial score (nSPS) is 21.9. The Kier molecular flexibility index (Phi) is 1.81. The van der Waals surface area contributed by atoms with Gasteiger partial charge in [-0.15, -0.1) is 9.60 Å². The van der Waals surface area contributed by atoms with Gasteiger partial charge in [0.25, 0.3) is 0 Å². The van der Waals surface area contributed by atoms with Crippen LogP contribution in [0.2, 0.25) is 0 Å². The van der Waals surface area contributed by atoms with Crippen molar-refractivity contribution in [3.63, 3.8) is 0 Å². The van der Waals surface area contributed by atoms with Gasteiger partial charge in [-0.1, -0.05) is 0 Å². The summed E-state index contributed by atoms with van der Waals surface area (Å²) in [6, 6.07) is -0.681. The first-order valence-corrected chi connectivity index (χ1v) is 3.54. The number of carbonyl (C=O) groups excluding carboxylic acids is 2. The first-order valence-electron chi connectivity index (χ1n) is 3.54. The van der Waals surface area contributed by atoms with Crippen molar-refractivity contribution in [3.05, 3.63) is 0 Å². The number of amides is 4. The van der Waals surface area contributed by atoms with E-state index in [0.29, 0.717) is 0 Å². The van der Waals surface area contributed by atoms with Gasteiger partial charge in [-0.3, -0.25) is 0 Å². The number of nitrogens with zero attached hydrogens (tertiary/aromatic N) is 3. The molecule has 1 rings (SSSR count). The summed E-state index contributed by atoms with van der Waals surface area (Å²) >= 11 is 0. The van der Waals surface area contributed by atoms with Gasteiger partial charge in [-0.2, -0.15) is 5.43 Å². The second kappa shape index (κ2) is 2.43. The minimum Gasteiger partial charge on any atom is -0.241 e. The van der Waals surface area contributed by atoms with Crippen LogP contribution in [0.3, 0.4) is 0 Å². The maximum Gasteiger partial charge on any atom is 0.466 e. The van der Waals surface area contributed by atoms with Crippen LogP contribution in [0, 0.1) is 0 Å². The molecule has 0 bridgehead atoms. The van der Waals surface area contributed by atoms with Crippen LogP contribution in [-0.2, 0) is 0 Å². The zero-order valence-corrected chi connectivity index (χ0v) is 7.66. The third kappa shape index (κ3) is 1.15. The van der Waals surface area contributed by atoms with Gasteiger partial charge >= 0.3 is 12.1 Å². The fraction of sp³-hybridized carbons (Fsp3) is 0.667. The fourth-order valence-electron chi connectivity index (χ4n) is 1.01. The molecule has 1 fully saturated rings. The van der Waals surface area contributed by atoms with Crippen LogP contribution < -0.4 is 5.43 Å². The summed E-state index contributed by atoms with van der Waals surface area (Å²) in [5.41, 5.74) is 2.51. The Balaban J connectivity index is 2.93. The van der Waals surface area contributed by atoms with Gasteiger partial charge in [-0.25, -0.2) is 14.6 Å². The van der Waals surface area contributed by atoms with E-state index < -0.39 is 6.03 Å². The van der Waals surface area contributed by atoms with Crippen molar-refractivity contribution in [3.8, 4) is 0 Å². The van der Waals surface area contributed by atoms with Gasteiger partial charge < -0.3 is 0 Å². The van der Waals surface area contributed by atoms with Crippen LogP contribution >= 0.6 is 0 Å². The van der Waals surface area contributed by atoms with Crippen molar-refractivity contribution >= 4 is 12.1 Å². The van der Waals surface area contributed by atoms with Gasteiger partial charge in [0.15, 0.2) is 0 Å². The van der Waals surface area contributed by atoms with E-state index in [0.717, 1.165) is 5.01 Å². The van der Waals surface area contributed by atoms with E-state index in [2.05, 4.69) is 5.43 Å². The van der Waals surface area contributed by atoms with E-state index >= 15 is 0 Å². The number of rotatable bonds is 1. The molecule has 0 aliphatic carbocycles. The van der Waals surface area contributed by atoms with Gasteiger partial charge in [0.1, 0.15) is 14.1 Å². The average Bonchev–Trinajstić information content (AvgIpc) is 2.02. The molecule has 0 spiro atoms. The Hall–Kier alpha value is -1.14. The molecule has 68 valence electrons. The van der Waals surface area contributed by atoms with E-state index in [1.54, 1.807) is 28.2 Å². The third-order valence-corrected chi connectivity index (χ3v) is 1.63. The number of nitrogens with one attached hydrogen (secondary N) is 1. The lowest BCUT2D eigenvalue weighted by molar-refractivity contribution is -0.840. The molecule has 0 radical (unpaired) electrons. The number of urea groups is 2. The van der Waals surface area contributed by atoms with Crippen molar-refractivity contribution in [2.24, 2.45) is 0 Å². The molecule has 1 aliphatic heterocycles. The van der Waals surface area contributed by atoms with Crippen LogP contribution in [0.15, 0.2) is 0 Å². The molecular formula is C6H13N4O2+. The predicted octanol–water partition coefficient (Wildman–Crippen LogP) is -0.400. The highest BCUT2D eigenvalue weighted by molar-refractivity contribution is 5.93. The predicted molar refractivity (Wildman–Crippen MR) is 41.6 cm³/mol. The van der Waals surface area contributed by atoms with Crippen molar-refractivity contribution < 1.29 is 14.2 Å². The molecule has 1 aliphatic rings. The molecule has 0 atom stereocenters.